The van der Waals surface area contributed by atoms with Crippen LogP contribution < -0.4 is 0 Å². The van der Waals surface area contributed by atoms with E-state index in [1.165, 1.54) is 0 Å². The van der Waals surface area contributed by atoms with Gasteiger partial charge in [-0.2, -0.15) is 5.26 Å². The van der Waals surface area contributed by atoms with Gasteiger partial charge in [-0.3, -0.25) is 4.98 Å². The van der Waals surface area contributed by atoms with E-state index in [4.69, 9.17) is 5.26 Å². The summed E-state index contributed by atoms with van der Waals surface area (Å²) in [5.41, 5.74) is 2.80. The minimum absolute atomic E-state index is 0.673. The molecule has 0 bridgehead atoms. The Kier molecular flexibility index (Phi) is 3.25. The first kappa shape index (κ1) is 12.1. The summed E-state index contributed by atoms with van der Waals surface area (Å²) < 4.78 is 2.07. The SMILES string of the molecule is N#Cc1ccc(Cn2ccnc2-c2cccnc2)cc1. The van der Waals surface area contributed by atoms with Crippen LogP contribution in [0.2, 0.25) is 0 Å². The Morgan fingerprint density at radius 1 is 1.10 bits per heavy atom. The number of aromatic nitrogens is 3. The molecular weight excluding hydrogens is 248 g/mol. The molecular formula is C16H12N4. The summed E-state index contributed by atoms with van der Waals surface area (Å²) in [4.78, 5) is 8.51. The molecule has 0 aliphatic heterocycles. The van der Waals surface area contributed by atoms with Crippen molar-refractivity contribution in [3.63, 3.8) is 0 Å². The third-order valence-electron chi connectivity index (χ3n) is 3.07. The smallest absolute Gasteiger partial charge is 0.141 e. The number of hydrogen-bond acceptors (Lipinski definition) is 3. The van der Waals surface area contributed by atoms with Crippen molar-refractivity contribution in [3.05, 3.63) is 72.3 Å². The molecule has 0 amide bonds. The van der Waals surface area contributed by atoms with Crippen molar-refractivity contribution in [1.29, 1.82) is 5.26 Å². The van der Waals surface area contributed by atoms with Crippen LogP contribution in [0.1, 0.15) is 11.1 Å². The first-order valence-electron chi connectivity index (χ1n) is 6.27. The van der Waals surface area contributed by atoms with Gasteiger partial charge in [0, 0.05) is 36.9 Å². The van der Waals surface area contributed by atoms with Crippen molar-refractivity contribution in [2.75, 3.05) is 0 Å². The Labute approximate surface area is 117 Å². The van der Waals surface area contributed by atoms with Gasteiger partial charge >= 0.3 is 0 Å². The molecule has 0 aliphatic carbocycles. The number of imidazole rings is 1. The van der Waals surface area contributed by atoms with Crippen LogP contribution in [-0.2, 0) is 6.54 Å². The summed E-state index contributed by atoms with van der Waals surface area (Å²) in [6.45, 7) is 0.718. The van der Waals surface area contributed by atoms with Crippen LogP contribution in [0.25, 0.3) is 11.4 Å². The van der Waals surface area contributed by atoms with E-state index in [1.807, 2.05) is 42.6 Å². The molecule has 0 radical (unpaired) electrons. The monoisotopic (exact) mass is 260 g/mol. The summed E-state index contributed by atoms with van der Waals surface area (Å²) in [6, 6.07) is 13.6. The number of nitrogens with zero attached hydrogens (tertiary/aromatic N) is 4. The molecule has 4 nitrogen and oxygen atoms in total. The fourth-order valence-electron chi connectivity index (χ4n) is 2.07. The van der Waals surface area contributed by atoms with Gasteiger partial charge in [0.25, 0.3) is 0 Å². The van der Waals surface area contributed by atoms with Crippen LogP contribution in [-0.4, -0.2) is 14.5 Å². The van der Waals surface area contributed by atoms with Crippen LogP contribution in [0.5, 0.6) is 0 Å². The van der Waals surface area contributed by atoms with Crippen molar-refractivity contribution in [2.24, 2.45) is 0 Å². The van der Waals surface area contributed by atoms with E-state index < -0.39 is 0 Å². The molecule has 0 N–H and O–H groups in total. The summed E-state index contributed by atoms with van der Waals surface area (Å²) in [5.74, 6) is 0.891. The molecule has 3 aromatic rings. The third kappa shape index (κ3) is 2.43. The Hall–Kier alpha value is -2.93. The summed E-state index contributed by atoms with van der Waals surface area (Å²) >= 11 is 0. The lowest BCUT2D eigenvalue weighted by Gasteiger charge is -2.08. The van der Waals surface area contributed by atoms with Crippen LogP contribution in [0.3, 0.4) is 0 Å². The lowest BCUT2D eigenvalue weighted by molar-refractivity contribution is 0.806. The Morgan fingerprint density at radius 2 is 1.95 bits per heavy atom. The largest absolute Gasteiger partial charge is 0.327 e. The van der Waals surface area contributed by atoms with Gasteiger partial charge in [0.15, 0.2) is 0 Å². The highest BCUT2D eigenvalue weighted by molar-refractivity contribution is 5.53. The van der Waals surface area contributed by atoms with Crippen LogP contribution >= 0.6 is 0 Å². The molecule has 0 fully saturated rings. The lowest BCUT2D eigenvalue weighted by atomic mass is 10.1. The fourth-order valence-corrected chi connectivity index (χ4v) is 2.07. The van der Waals surface area contributed by atoms with Gasteiger partial charge in [-0.05, 0) is 29.8 Å². The molecule has 1 aromatic carbocycles. The molecule has 4 heteroatoms. The van der Waals surface area contributed by atoms with Gasteiger partial charge in [-0.1, -0.05) is 12.1 Å². The lowest BCUT2D eigenvalue weighted by Crippen LogP contribution is -2.01. The molecule has 0 unspecified atom stereocenters. The minimum Gasteiger partial charge on any atom is -0.327 e. The molecule has 3 rings (SSSR count). The van der Waals surface area contributed by atoms with Gasteiger partial charge in [-0.25, -0.2) is 4.98 Å². The molecule has 0 aliphatic rings. The molecule has 0 atom stereocenters. The van der Waals surface area contributed by atoms with E-state index in [9.17, 15) is 0 Å². The highest BCUT2D eigenvalue weighted by Gasteiger charge is 2.06. The first-order valence-corrected chi connectivity index (χ1v) is 6.27. The maximum absolute atomic E-state index is 8.81. The predicted octanol–water partition coefficient (Wildman–Crippen LogP) is 2.87. The fraction of sp³-hybridized carbons (Fsp3) is 0.0625. The average molecular weight is 260 g/mol. The van der Waals surface area contributed by atoms with E-state index in [0.29, 0.717) is 5.56 Å². The Balaban J connectivity index is 1.89. The van der Waals surface area contributed by atoms with Crippen molar-refractivity contribution < 1.29 is 0 Å². The predicted molar refractivity (Wildman–Crippen MR) is 75.7 cm³/mol. The quantitative estimate of drug-likeness (QED) is 0.727. The second kappa shape index (κ2) is 5.37. The highest BCUT2D eigenvalue weighted by Crippen LogP contribution is 2.17. The molecule has 2 aromatic heterocycles. The van der Waals surface area contributed by atoms with E-state index >= 15 is 0 Å². The van der Waals surface area contributed by atoms with Gasteiger partial charge in [0.1, 0.15) is 5.82 Å². The van der Waals surface area contributed by atoms with Gasteiger partial charge in [-0.15, -0.1) is 0 Å². The number of rotatable bonds is 3. The molecule has 96 valence electrons. The van der Waals surface area contributed by atoms with Crippen molar-refractivity contribution in [3.8, 4) is 17.5 Å². The van der Waals surface area contributed by atoms with Crippen LogP contribution in [0.4, 0.5) is 0 Å². The van der Waals surface area contributed by atoms with E-state index in [-0.39, 0.29) is 0 Å². The zero-order valence-corrected chi connectivity index (χ0v) is 10.8. The van der Waals surface area contributed by atoms with E-state index in [1.54, 1.807) is 18.6 Å². The van der Waals surface area contributed by atoms with Gasteiger partial charge in [0.05, 0.1) is 11.6 Å². The van der Waals surface area contributed by atoms with Crippen molar-refractivity contribution >= 4 is 0 Å². The second-order valence-corrected chi connectivity index (χ2v) is 4.43. The normalized spacial score (nSPS) is 10.2. The summed E-state index contributed by atoms with van der Waals surface area (Å²) in [6.07, 6.45) is 7.28. The number of hydrogen-bond donors (Lipinski definition) is 0. The zero-order valence-electron chi connectivity index (χ0n) is 10.8. The molecule has 20 heavy (non-hydrogen) atoms. The van der Waals surface area contributed by atoms with E-state index in [0.717, 1.165) is 23.5 Å². The van der Waals surface area contributed by atoms with Crippen LogP contribution in [0.15, 0.2) is 61.2 Å². The summed E-state index contributed by atoms with van der Waals surface area (Å²) in [7, 11) is 0. The van der Waals surface area contributed by atoms with Gasteiger partial charge < -0.3 is 4.57 Å². The molecule has 0 saturated heterocycles. The number of pyridine rings is 1. The Morgan fingerprint density at radius 3 is 2.65 bits per heavy atom. The highest BCUT2D eigenvalue weighted by atomic mass is 15.1. The second-order valence-electron chi connectivity index (χ2n) is 4.43. The number of nitriles is 1. The zero-order chi connectivity index (χ0) is 13.8. The summed E-state index contributed by atoms with van der Waals surface area (Å²) in [5, 5.41) is 8.81. The van der Waals surface area contributed by atoms with Crippen LogP contribution in [0, 0.1) is 11.3 Å². The van der Waals surface area contributed by atoms with Crippen molar-refractivity contribution in [2.45, 2.75) is 6.54 Å². The third-order valence-corrected chi connectivity index (χ3v) is 3.07. The van der Waals surface area contributed by atoms with Crippen molar-refractivity contribution in [1.82, 2.24) is 14.5 Å². The maximum Gasteiger partial charge on any atom is 0.141 e. The Bertz CT molecular complexity index is 736. The average Bonchev–Trinajstić information content (AvgIpc) is 2.97. The van der Waals surface area contributed by atoms with E-state index in [2.05, 4.69) is 20.6 Å². The van der Waals surface area contributed by atoms with Gasteiger partial charge in [0.2, 0.25) is 0 Å². The maximum atomic E-state index is 8.81. The molecule has 0 saturated carbocycles. The first-order chi connectivity index (χ1) is 9.86. The topological polar surface area (TPSA) is 54.5 Å². The minimum atomic E-state index is 0.673. The number of benzene rings is 1. The molecule has 0 spiro atoms. The molecule has 2 heterocycles. The standard InChI is InChI=1S/C16H12N4/c17-10-13-3-5-14(6-4-13)12-20-9-8-19-16(20)15-2-1-7-18-11-15/h1-9,11H,12H2.